The van der Waals surface area contributed by atoms with Gasteiger partial charge in [-0.25, -0.2) is 18.5 Å². The van der Waals surface area contributed by atoms with E-state index in [1.54, 1.807) is 24.4 Å². The van der Waals surface area contributed by atoms with E-state index >= 15 is 0 Å². The Balaban J connectivity index is 1.79. The predicted octanol–water partition coefficient (Wildman–Crippen LogP) is 3.17. The lowest BCUT2D eigenvalue weighted by atomic mass is 10.1. The molecule has 3 aromatic carbocycles. The Bertz CT molecular complexity index is 1210. The summed E-state index contributed by atoms with van der Waals surface area (Å²) in [4.78, 5) is 8.96. The number of para-hydroxylation sites is 1. The van der Waals surface area contributed by atoms with Crippen molar-refractivity contribution in [1.82, 2.24) is 9.97 Å². The van der Waals surface area contributed by atoms with Crippen LogP contribution in [-0.4, -0.2) is 18.4 Å². The summed E-state index contributed by atoms with van der Waals surface area (Å²) in [6.07, 6.45) is 1.57. The van der Waals surface area contributed by atoms with Crippen LogP contribution in [0.15, 0.2) is 71.8 Å². The van der Waals surface area contributed by atoms with E-state index in [2.05, 4.69) is 15.3 Å². The number of primary sulfonamides is 1. The molecule has 0 saturated heterocycles. The van der Waals surface area contributed by atoms with Crippen LogP contribution in [0.3, 0.4) is 0 Å². The molecule has 124 valence electrons. The minimum absolute atomic E-state index is 0.00964. The van der Waals surface area contributed by atoms with Crippen molar-refractivity contribution in [3.63, 3.8) is 0 Å². The molecule has 4 aromatic rings. The van der Waals surface area contributed by atoms with Gasteiger partial charge in [0, 0.05) is 0 Å². The first-order chi connectivity index (χ1) is 12.0. The molecular weight excluding hydrogens is 336 g/mol. The van der Waals surface area contributed by atoms with Crippen molar-refractivity contribution in [3.05, 3.63) is 66.9 Å². The predicted molar refractivity (Wildman–Crippen MR) is 98.1 cm³/mol. The van der Waals surface area contributed by atoms with E-state index in [1.807, 2.05) is 36.4 Å². The van der Waals surface area contributed by atoms with E-state index in [0.29, 0.717) is 11.5 Å². The zero-order valence-electron chi connectivity index (χ0n) is 13.0. The summed E-state index contributed by atoms with van der Waals surface area (Å²) in [6, 6.07) is 18.3. The summed E-state index contributed by atoms with van der Waals surface area (Å²) in [5, 5.41) is 10.4. The third-order valence-electron chi connectivity index (χ3n) is 3.87. The van der Waals surface area contributed by atoms with Crippen LogP contribution in [0, 0.1) is 0 Å². The Labute approximate surface area is 144 Å². The van der Waals surface area contributed by atoms with Gasteiger partial charge in [-0.1, -0.05) is 36.4 Å². The molecule has 7 heteroatoms. The molecule has 0 fully saturated rings. The Morgan fingerprint density at radius 1 is 0.880 bits per heavy atom. The number of fused-ring (bicyclic) bond motifs is 2. The number of anilines is 2. The molecule has 0 atom stereocenters. The zero-order valence-corrected chi connectivity index (χ0v) is 13.9. The summed E-state index contributed by atoms with van der Waals surface area (Å²) in [5.41, 5.74) is 1.85. The van der Waals surface area contributed by atoms with Gasteiger partial charge in [0.25, 0.3) is 0 Å². The SMILES string of the molecule is NS(=O)(=O)c1ccccc1Nc1cnc2cc3ccccc3cc2n1. The number of hydrogen-bond donors (Lipinski definition) is 2. The van der Waals surface area contributed by atoms with E-state index in [1.165, 1.54) is 6.07 Å². The zero-order chi connectivity index (χ0) is 17.4. The monoisotopic (exact) mass is 350 g/mol. The van der Waals surface area contributed by atoms with Crippen LogP contribution in [0.2, 0.25) is 0 Å². The summed E-state index contributed by atoms with van der Waals surface area (Å²) < 4.78 is 23.4. The van der Waals surface area contributed by atoms with Crippen molar-refractivity contribution in [2.45, 2.75) is 4.90 Å². The quantitative estimate of drug-likeness (QED) is 0.553. The maximum atomic E-state index is 11.7. The molecule has 4 rings (SSSR count). The standard InChI is InChI=1S/C18H14N4O2S/c19-25(23,24)17-8-4-3-7-14(17)21-18-11-20-15-9-12-5-1-2-6-13(12)10-16(15)22-18/h1-11H,(H,21,22)(H2,19,23,24). The van der Waals surface area contributed by atoms with Gasteiger partial charge in [-0.05, 0) is 35.0 Å². The highest BCUT2D eigenvalue weighted by atomic mass is 32.2. The maximum absolute atomic E-state index is 11.7. The number of benzene rings is 3. The second-order valence-electron chi connectivity index (χ2n) is 5.61. The number of hydrogen-bond acceptors (Lipinski definition) is 5. The van der Waals surface area contributed by atoms with Gasteiger partial charge in [-0.3, -0.25) is 4.98 Å². The number of aromatic nitrogens is 2. The lowest BCUT2D eigenvalue weighted by Crippen LogP contribution is -2.14. The average Bonchev–Trinajstić information content (AvgIpc) is 2.59. The highest BCUT2D eigenvalue weighted by Crippen LogP contribution is 2.25. The number of nitrogens with zero attached hydrogens (tertiary/aromatic N) is 2. The molecule has 0 amide bonds. The maximum Gasteiger partial charge on any atom is 0.240 e. The Hall–Kier alpha value is -3.03. The molecule has 3 N–H and O–H groups in total. The van der Waals surface area contributed by atoms with Gasteiger partial charge in [0.15, 0.2) is 0 Å². The Morgan fingerprint density at radius 2 is 1.52 bits per heavy atom. The fraction of sp³-hybridized carbons (Fsp3) is 0. The van der Waals surface area contributed by atoms with Gasteiger partial charge in [-0.15, -0.1) is 0 Å². The van der Waals surface area contributed by atoms with Crippen molar-refractivity contribution >= 4 is 43.3 Å². The Kier molecular flexibility index (Phi) is 3.60. The highest BCUT2D eigenvalue weighted by Gasteiger charge is 2.14. The molecule has 0 saturated carbocycles. The lowest BCUT2D eigenvalue weighted by molar-refractivity contribution is 0.598. The van der Waals surface area contributed by atoms with Crippen LogP contribution < -0.4 is 10.5 Å². The third kappa shape index (κ3) is 3.02. The fourth-order valence-corrected chi connectivity index (χ4v) is 3.41. The van der Waals surface area contributed by atoms with E-state index in [0.717, 1.165) is 21.8 Å². The van der Waals surface area contributed by atoms with Gasteiger partial charge in [-0.2, -0.15) is 0 Å². The Morgan fingerprint density at radius 3 is 2.24 bits per heavy atom. The van der Waals surface area contributed by atoms with Gasteiger partial charge in [0.2, 0.25) is 10.0 Å². The molecular formula is C18H14N4O2S. The van der Waals surface area contributed by atoms with E-state index < -0.39 is 10.0 Å². The van der Waals surface area contributed by atoms with Crippen LogP contribution in [0.4, 0.5) is 11.5 Å². The summed E-state index contributed by atoms with van der Waals surface area (Å²) in [5.74, 6) is 0.443. The topological polar surface area (TPSA) is 98.0 Å². The summed E-state index contributed by atoms with van der Waals surface area (Å²) in [7, 11) is -3.84. The minimum atomic E-state index is -3.84. The van der Waals surface area contributed by atoms with Crippen LogP contribution in [0.25, 0.3) is 21.8 Å². The number of rotatable bonds is 3. The first-order valence-electron chi connectivity index (χ1n) is 7.55. The molecule has 1 heterocycles. The van der Waals surface area contributed by atoms with Gasteiger partial charge in [0.05, 0.1) is 22.9 Å². The number of nitrogens with one attached hydrogen (secondary N) is 1. The molecule has 0 radical (unpaired) electrons. The first kappa shape index (κ1) is 15.5. The largest absolute Gasteiger partial charge is 0.338 e. The van der Waals surface area contributed by atoms with Crippen molar-refractivity contribution in [3.8, 4) is 0 Å². The second-order valence-corrected chi connectivity index (χ2v) is 7.14. The second kappa shape index (κ2) is 5.80. The van der Waals surface area contributed by atoms with Crippen LogP contribution in [0.5, 0.6) is 0 Å². The first-order valence-corrected chi connectivity index (χ1v) is 9.10. The molecule has 0 unspecified atom stereocenters. The van der Waals surface area contributed by atoms with Crippen molar-refractivity contribution in [2.24, 2.45) is 5.14 Å². The molecule has 0 aliphatic rings. The normalized spacial score (nSPS) is 11.7. The molecule has 6 nitrogen and oxygen atoms in total. The van der Waals surface area contributed by atoms with E-state index in [4.69, 9.17) is 5.14 Å². The van der Waals surface area contributed by atoms with Crippen molar-refractivity contribution < 1.29 is 8.42 Å². The molecule has 1 aromatic heterocycles. The van der Waals surface area contributed by atoms with E-state index in [9.17, 15) is 8.42 Å². The van der Waals surface area contributed by atoms with Gasteiger partial charge < -0.3 is 5.32 Å². The van der Waals surface area contributed by atoms with Crippen LogP contribution in [0.1, 0.15) is 0 Å². The number of nitrogens with two attached hydrogens (primary N) is 1. The highest BCUT2D eigenvalue weighted by molar-refractivity contribution is 7.89. The third-order valence-corrected chi connectivity index (χ3v) is 4.84. The fourth-order valence-electron chi connectivity index (χ4n) is 2.71. The van der Waals surface area contributed by atoms with Crippen LogP contribution in [-0.2, 0) is 10.0 Å². The summed E-state index contributed by atoms with van der Waals surface area (Å²) >= 11 is 0. The van der Waals surface area contributed by atoms with Crippen LogP contribution >= 0.6 is 0 Å². The number of sulfonamides is 1. The lowest BCUT2D eigenvalue weighted by Gasteiger charge is -2.10. The average molecular weight is 350 g/mol. The van der Waals surface area contributed by atoms with E-state index in [-0.39, 0.29) is 4.90 Å². The molecule has 0 bridgehead atoms. The molecule has 0 aliphatic heterocycles. The summed E-state index contributed by atoms with van der Waals surface area (Å²) in [6.45, 7) is 0. The smallest absolute Gasteiger partial charge is 0.240 e. The molecule has 0 aliphatic carbocycles. The molecule has 25 heavy (non-hydrogen) atoms. The van der Waals surface area contributed by atoms with Crippen molar-refractivity contribution in [2.75, 3.05) is 5.32 Å². The van der Waals surface area contributed by atoms with Gasteiger partial charge >= 0.3 is 0 Å². The van der Waals surface area contributed by atoms with Crippen molar-refractivity contribution in [1.29, 1.82) is 0 Å². The minimum Gasteiger partial charge on any atom is -0.338 e. The molecule has 0 spiro atoms. The van der Waals surface area contributed by atoms with Gasteiger partial charge in [0.1, 0.15) is 10.7 Å².